The van der Waals surface area contributed by atoms with Gasteiger partial charge in [-0.3, -0.25) is 0 Å². The number of hydrogen-bond donors (Lipinski definition) is 1. The molecule has 0 saturated heterocycles. The fourth-order valence-corrected chi connectivity index (χ4v) is 12.9. The standard InChI is InChI=1S/C63H91NO4Si2/c1-10-13-15-17-19-21-23-31-37-60(67-69(55-33-27-25-28-34-55)57-45-40-52(41-46-57)62(4,5)6)65-54-44-39-51(50-64-12-3)59(49-54)66-61(38-32-24-22-20-18-16-14-11-2)68-70(56-35-29-26-30-36-56)58-47-42-53(43-48-58)63(7,8)9/h25-30,33-36,39-49,60-61,64H,10-24,31-32,37-38,50H2,1-9H3. The molecular weight excluding hydrogens is 891 g/mol. The van der Waals surface area contributed by atoms with Crippen molar-refractivity contribution in [2.75, 3.05) is 6.54 Å². The first-order valence-corrected chi connectivity index (χ1v) is 30.3. The number of benzene rings is 5. The van der Waals surface area contributed by atoms with E-state index in [0.717, 1.165) is 49.3 Å². The minimum atomic E-state index is -1.68. The monoisotopic (exact) mass is 982 g/mol. The first kappa shape index (κ1) is 56.9. The van der Waals surface area contributed by atoms with E-state index in [-0.39, 0.29) is 10.8 Å². The zero-order valence-corrected chi connectivity index (χ0v) is 47.1. The van der Waals surface area contributed by atoms with Crippen LogP contribution in [0.15, 0.2) is 127 Å². The van der Waals surface area contributed by atoms with Gasteiger partial charge in [-0.05, 0) is 68.2 Å². The summed E-state index contributed by atoms with van der Waals surface area (Å²) < 4.78 is 29.0. The van der Waals surface area contributed by atoms with Gasteiger partial charge >= 0.3 is 0 Å². The molecule has 0 heterocycles. The predicted molar refractivity (Wildman–Crippen MR) is 302 cm³/mol. The van der Waals surface area contributed by atoms with E-state index in [2.05, 4.69) is 195 Å². The minimum absolute atomic E-state index is 0.0664. The highest BCUT2D eigenvalue weighted by atomic mass is 28.3. The number of unbranched alkanes of at least 4 members (excludes halogenated alkanes) is 14. The maximum Gasteiger partial charge on any atom is 0.287 e. The number of hydrogen-bond acceptors (Lipinski definition) is 5. The summed E-state index contributed by atoms with van der Waals surface area (Å²) in [5.41, 5.74) is 3.87. The Balaban J connectivity index is 1.47. The first-order valence-electron chi connectivity index (χ1n) is 27.5. The Hall–Kier alpha value is -3.99. The topological polar surface area (TPSA) is 49.0 Å². The smallest absolute Gasteiger partial charge is 0.287 e. The molecule has 0 aliphatic carbocycles. The minimum Gasteiger partial charge on any atom is -0.466 e. The van der Waals surface area contributed by atoms with Gasteiger partial charge in [-0.25, -0.2) is 0 Å². The summed E-state index contributed by atoms with van der Waals surface area (Å²) in [6.07, 6.45) is 20.7. The van der Waals surface area contributed by atoms with Crippen LogP contribution >= 0.6 is 0 Å². The van der Waals surface area contributed by atoms with E-state index in [0.29, 0.717) is 6.54 Å². The van der Waals surface area contributed by atoms with Crippen molar-refractivity contribution in [3.8, 4) is 11.5 Å². The normalized spacial score (nSPS) is 13.0. The lowest BCUT2D eigenvalue weighted by molar-refractivity contribution is -0.00742. The van der Waals surface area contributed by atoms with Crippen molar-refractivity contribution in [2.24, 2.45) is 0 Å². The van der Waals surface area contributed by atoms with Crippen LogP contribution in [0.2, 0.25) is 0 Å². The molecule has 380 valence electrons. The molecule has 0 spiro atoms. The van der Waals surface area contributed by atoms with Crippen LogP contribution in [0.3, 0.4) is 0 Å². The number of nitrogens with one attached hydrogen (secondary N) is 1. The molecular formula is C63H91NO4Si2. The highest BCUT2D eigenvalue weighted by molar-refractivity contribution is 6.80. The third-order valence-corrected chi connectivity index (χ3v) is 17.7. The molecule has 0 aromatic heterocycles. The molecule has 5 nitrogen and oxygen atoms in total. The molecule has 7 heteroatoms. The van der Waals surface area contributed by atoms with E-state index in [4.69, 9.17) is 18.3 Å². The van der Waals surface area contributed by atoms with Gasteiger partial charge in [0, 0.05) is 31.0 Å². The number of rotatable bonds is 33. The highest BCUT2D eigenvalue weighted by Gasteiger charge is 2.29. The summed E-state index contributed by atoms with van der Waals surface area (Å²) in [6.45, 7) is 21.9. The van der Waals surface area contributed by atoms with Crippen molar-refractivity contribution in [1.82, 2.24) is 5.32 Å². The molecule has 2 unspecified atom stereocenters. The molecule has 0 amide bonds. The van der Waals surface area contributed by atoms with Gasteiger partial charge in [0.1, 0.15) is 11.5 Å². The number of ether oxygens (including phenoxy) is 2. The summed E-state index contributed by atoms with van der Waals surface area (Å²) in [7, 11) is -3.35. The van der Waals surface area contributed by atoms with Gasteiger partial charge in [0.05, 0.1) is 0 Å². The zero-order chi connectivity index (χ0) is 50.0. The summed E-state index contributed by atoms with van der Waals surface area (Å²) in [6, 6.07) is 46.3. The second-order valence-electron chi connectivity index (χ2n) is 21.5. The lowest BCUT2D eigenvalue weighted by Gasteiger charge is -2.28. The van der Waals surface area contributed by atoms with Gasteiger partial charge in [-0.15, -0.1) is 0 Å². The molecule has 0 bridgehead atoms. The molecule has 2 atom stereocenters. The molecule has 0 aliphatic rings. The van der Waals surface area contributed by atoms with Crippen LogP contribution in [0, 0.1) is 0 Å². The maximum absolute atomic E-state index is 7.38. The summed E-state index contributed by atoms with van der Waals surface area (Å²) in [4.78, 5) is 0. The SMILES string of the molecule is CCCCCCCCCCC(Oc1ccc(CNCC)c(OC(CCCCCCCCCC)O[Si](c2ccccc2)c2ccc(C(C)(C)C)cc2)c1)O[Si](c1ccccc1)c1ccc(C(C)(C)C)cc1. The molecule has 0 fully saturated rings. The van der Waals surface area contributed by atoms with Crippen LogP contribution in [0.5, 0.6) is 11.5 Å². The maximum atomic E-state index is 7.38. The molecule has 0 aliphatic heterocycles. The second kappa shape index (κ2) is 30.8. The average Bonchev–Trinajstić information content (AvgIpc) is 3.36. The highest BCUT2D eigenvalue weighted by Crippen LogP contribution is 2.30. The molecule has 1 N–H and O–H groups in total. The average molecular weight is 983 g/mol. The molecule has 5 rings (SSSR count). The Morgan fingerprint density at radius 3 is 1.21 bits per heavy atom. The van der Waals surface area contributed by atoms with E-state index >= 15 is 0 Å². The third kappa shape index (κ3) is 19.9. The van der Waals surface area contributed by atoms with E-state index in [1.54, 1.807) is 0 Å². The molecule has 5 aromatic carbocycles. The van der Waals surface area contributed by atoms with Crippen molar-refractivity contribution in [3.63, 3.8) is 0 Å². The van der Waals surface area contributed by atoms with E-state index in [9.17, 15) is 0 Å². The summed E-state index contributed by atoms with van der Waals surface area (Å²) in [5.74, 6) is 1.56. The lowest BCUT2D eigenvalue weighted by Crippen LogP contribution is -2.48. The van der Waals surface area contributed by atoms with E-state index < -0.39 is 30.7 Å². The third-order valence-electron chi connectivity index (χ3n) is 13.3. The first-order chi connectivity index (χ1) is 33.9. The van der Waals surface area contributed by atoms with E-state index in [1.165, 1.54) is 122 Å². The quantitative estimate of drug-likeness (QED) is 0.0258. The van der Waals surface area contributed by atoms with Crippen molar-refractivity contribution >= 4 is 38.8 Å². The van der Waals surface area contributed by atoms with Crippen LogP contribution in [-0.4, -0.2) is 37.2 Å². The van der Waals surface area contributed by atoms with Crippen molar-refractivity contribution in [2.45, 2.75) is 208 Å². The Bertz CT molecular complexity index is 2130. The zero-order valence-electron chi connectivity index (χ0n) is 45.1. The van der Waals surface area contributed by atoms with Crippen molar-refractivity contribution < 1.29 is 18.3 Å². The summed E-state index contributed by atoms with van der Waals surface area (Å²) in [5, 5.41) is 8.47. The molecule has 70 heavy (non-hydrogen) atoms. The van der Waals surface area contributed by atoms with Crippen LogP contribution in [0.1, 0.15) is 195 Å². The van der Waals surface area contributed by atoms with Gasteiger partial charge in [0.2, 0.25) is 0 Å². The van der Waals surface area contributed by atoms with Crippen LogP contribution in [0.4, 0.5) is 0 Å². The van der Waals surface area contributed by atoms with Gasteiger partial charge in [0.15, 0.2) is 12.6 Å². The Morgan fingerprint density at radius 1 is 0.429 bits per heavy atom. The van der Waals surface area contributed by atoms with Gasteiger partial charge < -0.3 is 23.6 Å². The van der Waals surface area contributed by atoms with Gasteiger partial charge in [-0.1, -0.05) is 267 Å². The van der Waals surface area contributed by atoms with Crippen molar-refractivity contribution in [1.29, 1.82) is 0 Å². The van der Waals surface area contributed by atoms with Gasteiger partial charge in [0.25, 0.3) is 18.1 Å². The Morgan fingerprint density at radius 2 is 0.814 bits per heavy atom. The predicted octanol–water partition coefficient (Wildman–Crippen LogP) is 14.5. The lowest BCUT2D eigenvalue weighted by atomic mass is 9.87. The molecule has 5 aromatic rings. The fraction of sp³-hybridized carbons (Fsp3) is 0.524. The second-order valence-corrected chi connectivity index (χ2v) is 25.5. The largest absolute Gasteiger partial charge is 0.466 e. The molecule has 2 radical (unpaired) electrons. The van der Waals surface area contributed by atoms with Crippen LogP contribution in [-0.2, 0) is 26.2 Å². The van der Waals surface area contributed by atoms with Crippen molar-refractivity contribution in [3.05, 3.63) is 144 Å². The van der Waals surface area contributed by atoms with Crippen LogP contribution in [0.25, 0.3) is 0 Å². The Kier molecular flexibility index (Phi) is 25.0. The van der Waals surface area contributed by atoms with Gasteiger partial charge in [-0.2, -0.15) is 0 Å². The van der Waals surface area contributed by atoms with E-state index in [1.807, 2.05) is 0 Å². The van der Waals surface area contributed by atoms with Crippen LogP contribution < -0.4 is 35.5 Å². The molecule has 0 saturated carbocycles. The Labute approximate surface area is 430 Å². The fourth-order valence-electron chi connectivity index (χ4n) is 8.88. The summed E-state index contributed by atoms with van der Waals surface area (Å²) >= 11 is 0.